The van der Waals surface area contributed by atoms with Gasteiger partial charge in [0, 0.05) is 12.3 Å². The van der Waals surface area contributed by atoms with Crippen LogP contribution in [0.1, 0.15) is 71.1 Å². The van der Waals surface area contributed by atoms with E-state index in [0.29, 0.717) is 5.78 Å². The van der Waals surface area contributed by atoms with Gasteiger partial charge in [0.05, 0.1) is 0 Å². The first-order chi connectivity index (χ1) is 7.80. The second kappa shape index (κ2) is 8.55. The summed E-state index contributed by atoms with van der Waals surface area (Å²) in [7, 11) is 0. The molecular formula is C15H26O. The highest BCUT2D eigenvalue weighted by atomic mass is 16.1. The van der Waals surface area contributed by atoms with Gasteiger partial charge < -0.3 is 0 Å². The molecule has 1 aliphatic rings. The molecule has 0 saturated carbocycles. The van der Waals surface area contributed by atoms with Gasteiger partial charge in [-0.15, -0.1) is 0 Å². The van der Waals surface area contributed by atoms with Gasteiger partial charge in [-0.2, -0.15) is 0 Å². The number of Topliss-reactive ketones (excluding diaryl/α,β-unsaturated/α-hetero) is 1. The summed E-state index contributed by atoms with van der Waals surface area (Å²) < 4.78 is 0. The van der Waals surface area contributed by atoms with Crippen molar-refractivity contribution in [3.8, 4) is 0 Å². The van der Waals surface area contributed by atoms with E-state index < -0.39 is 0 Å². The maximum atomic E-state index is 11.8. The third kappa shape index (κ3) is 6.09. The van der Waals surface area contributed by atoms with Crippen molar-refractivity contribution in [2.24, 2.45) is 5.92 Å². The first-order valence-corrected chi connectivity index (χ1v) is 6.98. The summed E-state index contributed by atoms with van der Waals surface area (Å²) in [4.78, 5) is 11.8. The molecule has 0 bridgehead atoms. The standard InChI is InChI=1S/C15H26O/c1-14-12-10-8-6-4-2-3-5-7-9-11-13-15(14)16/h6,8,14H,2-5,7,9-13H2,1H3. The van der Waals surface area contributed by atoms with Crippen molar-refractivity contribution in [1.29, 1.82) is 0 Å². The van der Waals surface area contributed by atoms with Gasteiger partial charge in [-0.3, -0.25) is 4.79 Å². The molecule has 1 unspecified atom stereocenters. The van der Waals surface area contributed by atoms with E-state index in [1.54, 1.807) is 0 Å². The maximum absolute atomic E-state index is 11.8. The predicted molar refractivity (Wildman–Crippen MR) is 69.5 cm³/mol. The fraction of sp³-hybridized carbons (Fsp3) is 0.800. The molecule has 0 N–H and O–H groups in total. The average Bonchev–Trinajstić information content (AvgIpc) is 2.29. The SMILES string of the molecule is CC1CCC=CCCCCCCCCC1=O. The number of hydrogen-bond donors (Lipinski definition) is 0. The van der Waals surface area contributed by atoms with E-state index in [-0.39, 0.29) is 5.92 Å². The van der Waals surface area contributed by atoms with Crippen LogP contribution in [-0.4, -0.2) is 5.78 Å². The fourth-order valence-corrected chi connectivity index (χ4v) is 2.26. The van der Waals surface area contributed by atoms with E-state index in [1.807, 2.05) is 0 Å². The summed E-state index contributed by atoms with van der Waals surface area (Å²) in [6.07, 6.45) is 16.4. The third-order valence-electron chi connectivity index (χ3n) is 3.53. The zero-order valence-corrected chi connectivity index (χ0v) is 10.7. The monoisotopic (exact) mass is 222 g/mol. The lowest BCUT2D eigenvalue weighted by atomic mass is 9.95. The number of ketones is 1. The first kappa shape index (κ1) is 13.5. The Kier molecular flexibility index (Phi) is 7.20. The quantitative estimate of drug-likeness (QED) is 0.545. The molecule has 0 radical (unpaired) electrons. The summed E-state index contributed by atoms with van der Waals surface area (Å²) in [5, 5.41) is 0. The van der Waals surface area contributed by atoms with Crippen LogP contribution >= 0.6 is 0 Å². The smallest absolute Gasteiger partial charge is 0.135 e. The second-order valence-corrected chi connectivity index (χ2v) is 5.08. The van der Waals surface area contributed by atoms with Crippen LogP contribution in [-0.2, 0) is 4.79 Å². The Morgan fingerprint density at radius 3 is 2.38 bits per heavy atom. The highest BCUT2D eigenvalue weighted by Crippen LogP contribution is 2.15. The molecule has 0 amide bonds. The number of carbonyl (C=O) groups is 1. The minimum atomic E-state index is 0.271. The molecule has 0 spiro atoms. The van der Waals surface area contributed by atoms with E-state index in [1.165, 1.54) is 38.5 Å². The zero-order valence-electron chi connectivity index (χ0n) is 10.7. The lowest BCUT2D eigenvalue weighted by Crippen LogP contribution is -2.10. The van der Waals surface area contributed by atoms with Crippen LogP contribution in [0.5, 0.6) is 0 Å². The summed E-state index contributed by atoms with van der Waals surface area (Å²) in [5.74, 6) is 0.748. The Bertz CT molecular complexity index is 217. The van der Waals surface area contributed by atoms with Crippen molar-refractivity contribution < 1.29 is 4.79 Å². The number of rotatable bonds is 0. The molecule has 92 valence electrons. The van der Waals surface area contributed by atoms with Gasteiger partial charge >= 0.3 is 0 Å². The lowest BCUT2D eigenvalue weighted by molar-refractivity contribution is -0.122. The normalized spacial score (nSPS) is 26.3. The molecular weight excluding hydrogens is 196 g/mol. The summed E-state index contributed by atoms with van der Waals surface area (Å²) >= 11 is 0. The molecule has 16 heavy (non-hydrogen) atoms. The molecule has 0 saturated heterocycles. The number of carbonyl (C=O) groups excluding carboxylic acids is 1. The van der Waals surface area contributed by atoms with E-state index in [2.05, 4.69) is 19.1 Å². The van der Waals surface area contributed by atoms with Crippen molar-refractivity contribution in [3.63, 3.8) is 0 Å². The molecule has 1 atom stereocenters. The second-order valence-electron chi connectivity index (χ2n) is 5.08. The van der Waals surface area contributed by atoms with Crippen molar-refractivity contribution in [1.82, 2.24) is 0 Å². The van der Waals surface area contributed by atoms with Crippen LogP contribution in [0.15, 0.2) is 12.2 Å². The van der Waals surface area contributed by atoms with Gasteiger partial charge in [0.1, 0.15) is 5.78 Å². The highest BCUT2D eigenvalue weighted by Gasteiger charge is 2.11. The Balaban J connectivity index is 2.33. The van der Waals surface area contributed by atoms with E-state index in [9.17, 15) is 4.79 Å². The van der Waals surface area contributed by atoms with Gasteiger partial charge in [0.15, 0.2) is 0 Å². The third-order valence-corrected chi connectivity index (χ3v) is 3.53. The Morgan fingerprint density at radius 1 is 0.938 bits per heavy atom. The van der Waals surface area contributed by atoms with Crippen LogP contribution in [0.2, 0.25) is 0 Å². The molecule has 1 nitrogen and oxygen atoms in total. The van der Waals surface area contributed by atoms with E-state index >= 15 is 0 Å². The first-order valence-electron chi connectivity index (χ1n) is 6.98. The topological polar surface area (TPSA) is 17.1 Å². The Morgan fingerprint density at radius 2 is 1.56 bits per heavy atom. The van der Waals surface area contributed by atoms with E-state index in [4.69, 9.17) is 0 Å². The van der Waals surface area contributed by atoms with Gasteiger partial charge in [-0.05, 0) is 32.1 Å². The summed E-state index contributed by atoms with van der Waals surface area (Å²) in [6, 6.07) is 0. The summed E-state index contributed by atoms with van der Waals surface area (Å²) in [6.45, 7) is 2.09. The van der Waals surface area contributed by atoms with Gasteiger partial charge in [0.25, 0.3) is 0 Å². The molecule has 0 aromatic rings. The van der Waals surface area contributed by atoms with Crippen LogP contribution in [0.3, 0.4) is 0 Å². The van der Waals surface area contributed by atoms with Crippen molar-refractivity contribution in [2.45, 2.75) is 71.1 Å². The molecule has 0 aromatic carbocycles. The van der Waals surface area contributed by atoms with Crippen LogP contribution < -0.4 is 0 Å². The maximum Gasteiger partial charge on any atom is 0.135 e. The minimum Gasteiger partial charge on any atom is -0.299 e. The predicted octanol–water partition coefficient (Wildman–Crippen LogP) is 4.66. The van der Waals surface area contributed by atoms with Crippen LogP contribution in [0, 0.1) is 5.92 Å². The molecule has 0 aliphatic heterocycles. The number of allylic oxidation sites excluding steroid dienone is 2. The zero-order chi connectivity index (χ0) is 11.6. The molecule has 0 fully saturated rings. The van der Waals surface area contributed by atoms with Crippen LogP contribution in [0.25, 0.3) is 0 Å². The molecule has 1 aliphatic carbocycles. The van der Waals surface area contributed by atoms with Crippen molar-refractivity contribution in [2.75, 3.05) is 0 Å². The van der Waals surface area contributed by atoms with Gasteiger partial charge in [-0.1, -0.05) is 44.8 Å². The summed E-state index contributed by atoms with van der Waals surface area (Å²) in [5.41, 5.74) is 0. The average molecular weight is 222 g/mol. The minimum absolute atomic E-state index is 0.271. The van der Waals surface area contributed by atoms with Gasteiger partial charge in [-0.25, -0.2) is 0 Å². The van der Waals surface area contributed by atoms with Gasteiger partial charge in [0.2, 0.25) is 0 Å². The molecule has 1 heteroatoms. The number of hydrogen-bond acceptors (Lipinski definition) is 1. The molecule has 1 rings (SSSR count). The highest BCUT2D eigenvalue weighted by molar-refractivity contribution is 5.80. The van der Waals surface area contributed by atoms with Crippen molar-refractivity contribution in [3.05, 3.63) is 12.2 Å². The lowest BCUT2D eigenvalue weighted by Gasteiger charge is -2.09. The Labute approximate surface area is 100 Å². The van der Waals surface area contributed by atoms with Crippen molar-refractivity contribution >= 4 is 5.78 Å². The Hall–Kier alpha value is -0.590. The van der Waals surface area contributed by atoms with Crippen LogP contribution in [0.4, 0.5) is 0 Å². The molecule has 0 aromatic heterocycles. The fourth-order valence-electron chi connectivity index (χ4n) is 2.26. The largest absolute Gasteiger partial charge is 0.299 e. The molecule has 0 heterocycles. The van der Waals surface area contributed by atoms with E-state index in [0.717, 1.165) is 25.7 Å².